The second-order valence-electron chi connectivity index (χ2n) is 4.35. The smallest absolute Gasteiger partial charge is 0.159 e. The number of halogens is 4. The second kappa shape index (κ2) is 6.09. The molecule has 2 aromatic rings. The highest BCUT2D eigenvalue weighted by Gasteiger charge is 2.12. The van der Waals surface area contributed by atoms with E-state index in [0.29, 0.717) is 5.56 Å². The lowest BCUT2D eigenvalue weighted by Crippen LogP contribution is -2.08. The fraction of sp³-hybridized carbons (Fsp3) is 0.133. The molecule has 20 heavy (non-hydrogen) atoms. The maximum atomic E-state index is 13.6. The minimum Gasteiger partial charge on any atom is -0.299 e. The number of hydrogen-bond donors (Lipinski definition) is 0. The molecule has 2 aromatic carbocycles. The van der Waals surface area contributed by atoms with Gasteiger partial charge in [0, 0.05) is 12.8 Å². The van der Waals surface area contributed by atoms with Crippen molar-refractivity contribution in [3.8, 4) is 0 Å². The fourth-order valence-electron chi connectivity index (χ4n) is 1.84. The van der Waals surface area contributed by atoms with Gasteiger partial charge < -0.3 is 0 Å². The molecule has 0 aliphatic rings. The van der Waals surface area contributed by atoms with Crippen LogP contribution < -0.4 is 0 Å². The molecular formula is C15H10ClF3O. The van der Waals surface area contributed by atoms with Gasteiger partial charge in [-0.15, -0.1) is 0 Å². The van der Waals surface area contributed by atoms with E-state index in [1.54, 1.807) is 6.07 Å². The second-order valence-corrected chi connectivity index (χ2v) is 4.76. The van der Waals surface area contributed by atoms with E-state index in [1.165, 1.54) is 18.2 Å². The Morgan fingerprint density at radius 1 is 1.00 bits per heavy atom. The summed E-state index contributed by atoms with van der Waals surface area (Å²) in [6, 6.07) is 7.64. The molecule has 0 aromatic heterocycles. The van der Waals surface area contributed by atoms with Gasteiger partial charge >= 0.3 is 0 Å². The molecule has 2 rings (SSSR count). The third-order valence-corrected chi connectivity index (χ3v) is 3.10. The van der Waals surface area contributed by atoms with Gasteiger partial charge in [-0.1, -0.05) is 29.8 Å². The molecule has 0 fully saturated rings. The van der Waals surface area contributed by atoms with Crippen molar-refractivity contribution in [2.45, 2.75) is 12.8 Å². The van der Waals surface area contributed by atoms with Crippen LogP contribution in [0.15, 0.2) is 36.4 Å². The molecule has 0 spiro atoms. The van der Waals surface area contributed by atoms with Crippen molar-refractivity contribution in [2.24, 2.45) is 0 Å². The summed E-state index contributed by atoms with van der Waals surface area (Å²) < 4.78 is 39.4. The predicted molar refractivity (Wildman–Crippen MR) is 70.2 cm³/mol. The molecule has 0 N–H and O–H groups in total. The van der Waals surface area contributed by atoms with Crippen LogP contribution in [-0.2, 0) is 17.6 Å². The molecule has 0 saturated heterocycles. The average molecular weight is 299 g/mol. The maximum Gasteiger partial charge on any atom is 0.159 e. The van der Waals surface area contributed by atoms with E-state index in [9.17, 15) is 18.0 Å². The van der Waals surface area contributed by atoms with Crippen LogP contribution in [0.25, 0.3) is 0 Å². The first-order valence-electron chi connectivity index (χ1n) is 5.86. The Labute approximate surface area is 119 Å². The first-order valence-corrected chi connectivity index (χ1v) is 6.23. The summed E-state index contributed by atoms with van der Waals surface area (Å²) in [5.41, 5.74) is 0.529. The number of hydrogen-bond acceptors (Lipinski definition) is 1. The van der Waals surface area contributed by atoms with Crippen LogP contribution in [-0.4, -0.2) is 5.78 Å². The molecule has 0 bridgehead atoms. The van der Waals surface area contributed by atoms with Crippen LogP contribution in [0, 0.1) is 17.5 Å². The van der Waals surface area contributed by atoms with Crippen molar-refractivity contribution >= 4 is 17.4 Å². The van der Waals surface area contributed by atoms with Crippen molar-refractivity contribution < 1.29 is 18.0 Å². The highest BCUT2D eigenvalue weighted by Crippen LogP contribution is 2.19. The number of carbonyl (C=O) groups excluding carboxylic acids is 1. The Morgan fingerprint density at radius 2 is 1.75 bits per heavy atom. The quantitative estimate of drug-likeness (QED) is 0.830. The number of Topliss-reactive ketones (excluding diaryl/α,β-unsaturated/α-hetero) is 1. The zero-order valence-corrected chi connectivity index (χ0v) is 11.1. The molecule has 0 unspecified atom stereocenters. The minimum atomic E-state index is -1.01. The SMILES string of the molecule is O=C(Cc1ccc(F)c(F)c1)Cc1cccc(Cl)c1F. The van der Waals surface area contributed by atoms with Gasteiger partial charge in [0.25, 0.3) is 0 Å². The highest BCUT2D eigenvalue weighted by molar-refractivity contribution is 6.30. The van der Waals surface area contributed by atoms with Crippen molar-refractivity contribution in [3.05, 3.63) is 70.0 Å². The molecule has 0 saturated carbocycles. The summed E-state index contributed by atoms with van der Waals surface area (Å²) in [4.78, 5) is 11.8. The molecule has 0 amide bonds. The lowest BCUT2D eigenvalue weighted by molar-refractivity contribution is -0.117. The maximum absolute atomic E-state index is 13.6. The average Bonchev–Trinajstić information content (AvgIpc) is 2.39. The molecule has 5 heteroatoms. The number of ketones is 1. The first kappa shape index (κ1) is 14.6. The highest BCUT2D eigenvalue weighted by atomic mass is 35.5. The van der Waals surface area contributed by atoms with E-state index < -0.39 is 17.5 Å². The van der Waals surface area contributed by atoms with Crippen molar-refractivity contribution in [1.82, 2.24) is 0 Å². The van der Waals surface area contributed by atoms with Crippen molar-refractivity contribution in [1.29, 1.82) is 0 Å². The normalized spacial score (nSPS) is 10.6. The largest absolute Gasteiger partial charge is 0.299 e. The third kappa shape index (κ3) is 3.39. The monoisotopic (exact) mass is 298 g/mol. The summed E-state index contributed by atoms with van der Waals surface area (Å²) in [6.45, 7) is 0. The van der Waals surface area contributed by atoms with E-state index in [1.807, 2.05) is 0 Å². The van der Waals surface area contributed by atoms with E-state index in [2.05, 4.69) is 0 Å². The summed E-state index contributed by atoms with van der Waals surface area (Å²) in [6.07, 6.45) is -0.242. The van der Waals surface area contributed by atoms with Gasteiger partial charge in [-0.25, -0.2) is 13.2 Å². The molecule has 0 radical (unpaired) electrons. The van der Waals surface area contributed by atoms with Crippen LogP contribution in [0.1, 0.15) is 11.1 Å². The van der Waals surface area contributed by atoms with Gasteiger partial charge in [-0.05, 0) is 29.3 Å². The first-order chi connectivity index (χ1) is 9.47. The molecule has 1 nitrogen and oxygen atoms in total. The van der Waals surface area contributed by atoms with Crippen LogP contribution in [0.2, 0.25) is 5.02 Å². The van der Waals surface area contributed by atoms with Crippen LogP contribution >= 0.6 is 11.6 Å². The Balaban J connectivity index is 2.09. The lowest BCUT2D eigenvalue weighted by Gasteiger charge is -2.05. The zero-order chi connectivity index (χ0) is 14.7. The summed E-state index contributed by atoms with van der Waals surface area (Å²) in [7, 11) is 0. The minimum absolute atomic E-state index is 0.0527. The molecule has 0 atom stereocenters. The summed E-state index contributed by atoms with van der Waals surface area (Å²) >= 11 is 5.62. The standard InChI is InChI=1S/C15H10ClF3O/c16-12-3-1-2-10(15(12)19)8-11(20)6-9-4-5-13(17)14(18)7-9/h1-5,7H,6,8H2. The molecule has 0 heterocycles. The van der Waals surface area contributed by atoms with Gasteiger partial charge in [0.1, 0.15) is 11.6 Å². The zero-order valence-electron chi connectivity index (χ0n) is 10.3. The van der Waals surface area contributed by atoms with Gasteiger partial charge in [-0.2, -0.15) is 0 Å². The Morgan fingerprint density at radius 3 is 2.45 bits per heavy atom. The van der Waals surface area contributed by atoms with Crippen molar-refractivity contribution in [3.63, 3.8) is 0 Å². The van der Waals surface area contributed by atoms with Gasteiger partial charge in [0.05, 0.1) is 5.02 Å². The molecule has 104 valence electrons. The number of benzene rings is 2. The van der Waals surface area contributed by atoms with Crippen LogP contribution in [0.3, 0.4) is 0 Å². The molecule has 0 aliphatic heterocycles. The topological polar surface area (TPSA) is 17.1 Å². The third-order valence-electron chi connectivity index (χ3n) is 2.80. The Bertz CT molecular complexity index is 656. The Hall–Kier alpha value is -1.81. The van der Waals surface area contributed by atoms with Gasteiger partial charge in [0.2, 0.25) is 0 Å². The molecular weight excluding hydrogens is 289 g/mol. The van der Waals surface area contributed by atoms with Crippen LogP contribution in [0.5, 0.6) is 0 Å². The Kier molecular flexibility index (Phi) is 4.45. The van der Waals surface area contributed by atoms with Crippen molar-refractivity contribution in [2.75, 3.05) is 0 Å². The number of carbonyl (C=O) groups is 1. The van der Waals surface area contributed by atoms with E-state index >= 15 is 0 Å². The number of rotatable bonds is 4. The van der Waals surface area contributed by atoms with Crippen LogP contribution in [0.4, 0.5) is 13.2 Å². The van der Waals surface area contributed by atoms with Gasteiger partial charge in [0.15, 0.2) is 11.6 Å². The molecule has 0 aliphatic carbocycles. The fourth-order valence-corrected chi connectivity index (χ4v) is 2.03. The van der Waals surface area contributed by atoms with E-state index in [4.69, 9.17) is 11.6 Å². The van der Waals surface area contributed by atoms with E-state index in [-0.39, 0.29) is 29.2 Å². The predicted octanol–water partition coefficient (Wildman–Crippen LogP) is 4.11. The van der Waals surface area contributed by atoms with E-state index in [0.717, 1.165) is 12.1 Å². The van der Waals surface area contributed by atoms with Gasteiger partial charge in [-0.3, -0.25) is 4.79 Å². The lowest BCUT2D eigenvalue weighted by atomic mass is 10.0. The summed E-state index contributed by atoms with van der Waals surface area (Å²) in [5, 5.41) is -0.0527. The summed E-state index contributed by atoms with van der Waals surface area (Å²) in [5.74, 6) is -2.92.